The van der Waals surface area contributed by atoms with Crippen molar-refractivity contribution < 1.29 is 9.59 Å². The Hall–Kier alpha value is -1.43. The number of anilines is 1. The molecule has 0 saturated carbocycles. The maximum atomic E-state index is 12.1. The SMILES string of the molecule is Cc1csc(CN2C(=O)C(=O)c3c(Cl)ccc(Cl)c32)n1. The molecule has 0 unspecified atom stereocenters. The fourth-order valence-corrected chi connectivity index (χ4v) is 3.37. The standard InChI is InChI=1S/C13H8Cl2N2O2S/c1-6-5-20-9(16-6)4-17-11-8(15)3-2-7(14)10(11)12(18)13(17)19/h2-3,5H,4H2,1H3. The second-order valence-corrected chi connectivity index (χ2v) is 6.11. The van der Waals surface area contributed by atoms with E-state index < -0.39 is 11.7 Å². The first kappa shape index (κ1) is 13.5. The van der Waals surface area contributed by atoms with Crippen molar-refractivity contribution in [1.29, 1.82) is 0 Å². The van der Waals surface area contributed by atoms with Crippen LogP contribution in [0.25, 0.3) is 0 Å². The molecular formula is C13H8Cl2N2O2S. The van der Waals surface area contributed by atoms with Crippen LogP contribution in [-0.4, -0.2) is 16.7 Å². The van der Waals surface area contributed by atoms with E-state index >= 15 is 0 Å². The molecule has 0 radical (unpaired) electrons. The Morgan fingerprint density at radius 1 is 1.25 bits per heavy atom. The van der Waals surface area contributed by atoms with E-state index in [0.717, 1.165) is 10.7 Å². The summed E-state index contributed by atoms with van der Waals surface area (Å²) in [5.74, 6) is -1.25. The maximum Gasteiger partial charge on any atom is 0.299 e. The fraction of sp³-hybridized carbons (Fsp3) is 0.154. The quantitative estimate of drug-likeness (QED) is 0.794. The van der Waals surface area contributed by atoms with Gasteiger partial charge in [0.1, 0.15) is 5.01 Å². The molecule has 1 aromatic carbocycles. The third-order valence-corrected chi connectivity index (χ3v) is 4.55. The zero-order chi connectivity index (χ0) is 14.4. The minimum Gasteiger partial charge on any atom is -0.296 e. The molecule has 1 amide bonds. The molecule has 0 spiro atoms. The van der Waals surface area contributed by atoms with Crippen molar-refractivity contribution in [2.75, 3.05) is 4.90 Å². The number of aromatic nitrogens is 1. The van der Waals surface area contributed by atoms with Crippen molar-refractivity contribution in [3.63, 3.8) is 0 Å². The smallest absolute Gasteiger partial charge is 0.296 e. The average Bonchev–Trinajstić information content (AvgIpc) is 2.92. The van der Waals surface area contributed by atoms with E-state index in [-0.39, 0.29) is 17.1 Å². The molecule has 0 atom stereocenters. The lowest BCUT2D eigenvalue weighted by molar-refractivity contribution is -0.114. The van der Waals surface area contributed by atoms with Crippen LogP contribution >= 0.6 is 34.5 Å². The Balaban J connectivity index is 2.08. The van der Waals surface area contributed by atoms with E-state index in [4.69, 9.17) is 23.2 Å². The summed E-state index contributed by atoms with van der Waals surface area (Å²) in [7, 11) is 0. The lowest BCUT2D eigenvalue weighted by Crippen LogP contribution is -2.29. The van der Waals surface area contributed by atoms with Crippen LogP contribution in [0, 0.1) is 6.92 Å². The van der Waals surface area contributed by atoms with Gasteiger partial charge in [0.15, 0.2) is 0 Å². The highest BCUT2D eigenvalue weighted by Gasteiger charge is 2.39. The molecule has 1 aliphatic rings. The van der Waals surface area contributed by atoms with Crippen LogP contribution in [0.15, 0.2) is 17.5 Å². The number of fused-ring (bicyclic) bond motifs is 1. The van der Waals surface area contributed by atoms with Crippen molar-refractivity contribution in [1.82, 2.24) is 4.98 Å². The van der Waals surface area contributed by atoms with Crippen LogP contribution in [0.3, 0.4) is 0 Å². The van der Waals surface area contributed by atoms with E-state index in [9.17, 15) is 9.59 Å². The van der Waals surface area contributed by atoms with E-state index in [1.54, 1.807) is 6.07 Å². The van der Waals surface area contributed by atoms with Gasteiger partial charge >= 0.3 is 0 Å². The van der Waals surface area contributed by atoms with Gasteiger partial charge in [-0.3, -0.25) is 14.5 Å². The van der Waals surface area contributed by atoms with Gasteiger partial charge in [-0.2, -0.15) is 0 Å². The number of thiazole rings is 1. The molecular weight excluding hydrogens is 319 g/mol. The van der Waals surface area contributed by atoms with Gasteiger partial charge < -0.3 is 0 Å². The number of rotatable bonds is 2. The topological polar surface area (TPSA) is 50.3 Å². The number of hydrogen-bond acceptors (Lipinski definition) is 4. The van der Waals surface area contributed by atoms with Crippen LogP contribution in [0.1, 0.15) is 21.1 Å². The van der Waals surface area contributed by atoms with E-state index in [1.165, 1.54) is 22.3 Å². The van der Waals surface area contributed by atoms with E-state index in [2.05, 4.69) is 4.98 Å². The van der Waals surface area contributed by atoms with Crippen molar-refractivity contribution >= 4 is 51.9 Å². The van der Waals surface area contributed by atoms with Crippen LogP contribution in [-0.2, 0) is 11.3 Å². The van der Waals surface area contributed by atoms with Crippen LogP contribution in [0.2, 0.25) is 10.0 Å². The van der Waals surface area contributed by atoms with Crippen LogP contribution < -0.4 is 4.90 Å². The first-order valence-electron chi connectivity index (χ1n) is 5.74. The number of Topliss-reactive ketones (excluding diaryl/α,β-unsaturated/α-hetero) is 1. The predicted octanol–water partition coefficient (Wildman–Crippen LogP) is 3.49. The lowest BCUT2D eigenvalue weighted by atomic mass is 10.1. The highest BCUT2D eigenvalue weighted by molar-refractivity contribution is 7.09. The Bertz CT molecular complexity index is 742. The fourth-order valence-electron chi connectivity index (χ4n) is 2.11. The summed E-state index contributed by atoms with van der Waals surface area (Å²) in [6.45, 7) is 2.09. The zero-order valence-corrected chi connectivity index (χ0v) is 12.6. The second kappa shape index (κ2) is 4.84. The molecule has 4 nitrogen and oxygen atoms in total. The highest BCUT2D eigenvalue weighted by atomic mass is 35.5. The third-order valence-electron chi connectivity index (χ3n) is 2.97. The number of halogens is 2. The molecule has 3 rings (SSSR count). The largest absolute Gasteiger partial charge is 0.299 e. The number of nitrogens with zero attached hydrogens (tertiary/aromatic N) is 2. The predicted molar refractivity (Wildman–Crippen MR) is 78.8 cm³/mol. The molecule has 1 aliphatic heterocycles. The lowest BCUT2D eigenvalue weighted by Gasteiger charge is -2.16. The molecule has 0 N–H and O–H groups in total. The molecule has 7 heteroatoms. The van der Waals surface area contributed by atoms with Gasteiger partial charge in [0.2, 0.25) is 0 Å². The minimum absolute atomic E-state index is 0.178. The van der Waals surface area contributed by atoms with Gasteiger partial charge in [-0.1, -0.05) is 23.2 Å². The molecule has 20 heavy (non-hydrogen) atoms. The van der Waals surface area contributed by atoms with Crippen molar-refractivity contribution in [3.05, 3.63) is 43.8 Å². The van der Waals surface area contributed by atoms with Crippen molar-refractivity contribution in [2.45, 2.75) is 13.5 Å². The van der Waals surface area contributed by atoms with Gasteiger partial charge in [-0.05, 0) is 19.1 Å². The molecule has 0 saturated heterocycles. The number of carbonyl (C=O) groups excluding carboxylic acids is 2. The molecule has 1 aromatic heterocycles. The van der Waals surface area contributed by atoms with Crippen molar-refractivity contribution in [2.24, 2.45) is 0 Å². The normalized spacial score (nSPS) is 14.1. The molecule has 0 aliphatic carbocycles. The number of ketones is 1. The number of amides is 1. The summed E-state index contributed by atoms with van der Waals surface area (Å²) in [6, 6.07) is 3.10. The molecule has 2 heterocycles. The van der Waals surface area contributed by atoms with Crippen molar-refractivity contribution in [3.8, 4) is 0 Å². The second-order valence-electron chi connectivity index (χ2n) is 4.36. The Morgan fingerprint density at radius 2 is 1.95 bits per heavy atom. The summed E-state index contributed by atoms with van der Waals surface area (Å²) in [6.07, 6.45) is 0. The first-order valence-corrected chi connectivity index (χ1v) is 7.38. The zero-order valence-electron chi connectivity index (χ0n) is 10.3. The molecule has 102 valence electrons. The Kier molecular flexibility index (Phi) is 3.28. The number of hydrogen-bond donors (Lipinski definition) is 0. The Morgan fingerprint density at radius 3 is 2.60 bits per heavy atom. The summed E-state index contributed by atoms with van der Waals surface area (Å²) >= 11 is 13.6. The summed E-state index contributed by atoms with van der Waals surface area (Å²) < 4.78 is 0. The third kappa shape index (κ3) is 2.02. The molecule has 0 bridgehead atoms. The van der Waals surface area contributed by atoms with Gasteiger partial charge in [-0.25, -0.2) is 4.98 Å². The highest BCUT2D eigenvalue weighted by Crippen LogP contribution is 2.40. The van der Waals surface area contributed by atoms with Gasteiger partial charge in [-0.15, -0.1) is 11.3 Å². The van der Waals surface area contributed by atoms with Gasteiger partial charge in [0.05, 0.1) is 27.8 Å². The van der Waals surface area contributed by atoms with Gasteiger partial charge in [0.25, 0.3) is 11.7 Å². The number of aryl methyl sites for hydroxylation is 1. The van der Waals surface area contributed by atoms with E-state index in [1.807, 2.05) is 12.3 Å². The van der Waals surface area contributed by atoms with E-state index in [0.29, 0.717) is 10.7 Å². The minimum atomic E-state index is -0.624. The monoisotopic (exact) mass is 326 g/mol. The average molecular weight is 327 g/mol. The maximum absolute atomic E-state index is 12.1. The van der Waals surface area contributed by atoms with Crippen LogP contribution in [0.5, 0.6) is 0 Å². The summed E-state index contributed by atoms with van der Waals surface area (Å²) in [5, 5.41) is 3.20. The number of carbonyl (C=O) groups is 2. The molecule has 2 aromatic rings. The van der Waals surface area contributed by atoms with Gasteiger partial charge in [0, 0.05) is 11.1 Å². The number of benzene rings is 1. The van der Waals surface area contributed by atoms with Crippen LogP contribution in [0.4, 0.5) is 5.69 Å². The molecule has 0 fully saturated rings. The Labute approximate surface area is 128 Å². The summed E-state index contributed by atoms with van der Waals surface area (Å²) in [4.78, 5) is 29.8. The first-order chi connectivity index (χ1) is 9.49. The summed E-state index contributed by atoms with van der Waals surface area (Å²) in [5.41, 5.74) is 1.43.